The first-order valence-corrected chi connectivity index (χ1v) is 6.11. The maximum Gasteiger partial charge on any atom is 0.00914 e. The first-order chi connectivity index (χ1) is 6.63. The molecule has 2 rings (SSSR count). The molecule has 2 aliphatic rings. The third-order valence-corrected chi connectivity index (χ3v) is 4.11. The molecular weight excluding hydrogens is 208 g/mol. The summed E-state index contributed by atoms with van der Waals surface area (Å²) in [6.45, 7) is 8.48. The lowest BCUT2D eigenvalue weighted by molar-refractivity contribution is 0.130. The Morgan fingerprint density at radius 1 is 1.40 bits per heavy atom. The molecule has 0 aromatic heterocycles. The van der Waals surface area contributed by atoms with E-state index in [0.29, 0.717) is 11.5 Å². The predicted octanol–water partition coefficient (Wildman–Crippen LogP) is 2.27. The van der Waals surface area contributed by atoms with Gasteiger partial charge in [-0.1, -0.05) is 20.3 Å². The summed E-state index contributed by atoms with van der Waals surface area (Å²) < 4.78 is 0. The zero-order valence-electron chi connectivity index (χ0n) is 10.0. The van der Waals surface area contributed by atoms with E-state index < -0.39 is 0 Å². The molecule has 2 unspecified atom stereocenters. The van der Waals surface area contributed by atoms with Crippen molar-refractivity contribution in [1.29, 1.82) is 0 Å². The van der Waals surface area contributed by atoms with Gasteiger partial charge in [0.1, 0.15) is 0 Å². The molecule has 3 heteroatoms. The number of hydrogen-bond donors (Lipinski definition) is 1. The van der Waals surface area contributed by atoms with Gasteiger partial charge >= 0.3 is 0 Å². The summed E-state index contributed by atoms with van der Waals surface area (Å²) in [5.41, 5.74) is 6.77. The van der Waals surface area contributed by atoms with Crippen LogP contribution < -0.4 is 5.73 Å². The Hall–Kier alpha value is 0.210. The summed E-state index contributed by atoms with van der Waals surface area (Å²) in [4.78, 5) is 2.64. The van der Waals surface area contributed by atoms with Gasteiger partial charge in [0.15, 0.2) is 0 Å². The van der Waals surface area contributed by atoms with Crippen molar-refractivity contribution in [1.82, 2.24) is 4.90 Å². The Labute approximate surface area is 100.0 Å². The fourth-order valence-electron chi connectivity index (χ4n) is 2.61. The van der Waals surface area contributed by atoms with Crippen molar-refractivity contribution >= 4 is 12.4 Å². The molecule has 0 bridgehead atoms. The summed E-state index contributed by atoms with van der Waals surface area (Å²) in [7, 11) is 0. The van der Waals surface area contributed by atoms with Crippen molar-refractivity contribution < 1.29 is 0 Å². The van der Waals surface area contributed by atoms with E-state index in [1.165, 1.54) is 45.3 Å². The van der Waals surface area contributed by atoms with E-state index >= 15 is 0 Å². The highest BCUT2D eigenvalue weighted by atomic mass is 35.5. The Kier molecular flexibility index (Phi) is 4.45. The summed E-state index contributed by atoms with van der Waals surface area (Å²) in [5.74, 6) is 0.742. The molecule has 1 heterocycles. The van der Waals surface area contributed by atoms with Crippen LogP contribution in [0.25, 0.3) is 0 Å². The molecule has 0 radical (unpaired) electrons. The van der Waals surface area contributed by atoms with Crippen LogP contribution in [0.1, 0.15) is 39.5 Å². The lowest BCUT2D eigenvalue weighted by atomic mass is 9.90. The molecule has 2 N–H and O–H groups in total. The first-order valence-electron chi connectivity index (χ1n) is 6.11. The Morgan fingerprint density at radius 2 is 2.07 bits per heavy atom. The zero-order chi connectivity index (χ0) is 10.2. The van der Waals surface area contributed by atoms with E-state index in [1.54, 1.807) is 0 Å². The normalized spacial score (nSPS) is 34.6. The third kappa shape index (κ3) is 3.33. The first kappa shape index (κ1) is 13.3. The second kappa shape index (κ2) is 5.03. The molecule has 1 aliphatic heterocycles. The van der Waals surface area contributed by atoms with Gasteiger partial charge in [0.2, 0.25) is 0 Å². The molecule has 0 amide bonds. The van der Waals surface area contributed by atoms with Gasteiger partial charge in [0.25, 0.3) is 0 Å². The molecule has 15 heavy (non-hydrogen) atoms. The second-order valence-corrected chi connectivity index (χ2v) is 5.67. The van der Waals surface area contributed by atoms with Gasteiger partial charge in [-0.15, -0.1) is 12.4 Å². The third-order valence-electron chi connectivity index (χ3n) is 4.11. The molecule has 0 spiro atoms. The van der Waals surface area contributed by atoms with Crippen molar-refractivity contribution in [2.75, 3.05) is 19.6 Å². The van der Waals surface area contributed by atoms with Crippen molar-refractivity contribution in [3.05, 3.63) is 0 Å². The van der Waals surface area contributed by atoms with Gasteiger partial charge in [-0.3, -0.25) is 0 Å². The number of likely N-dealkylation sites (tertiary alicyclic amines) is 1. The van der Waals surface area contributed by atoms with Crippen LogP contribution in [0, 0.1) is 11.3 Å². The van der Waals surface area contributed by atoms with Crippen molar-refractivity contribution in [2.24, 2.45) is 17.1 Å². The highest BCUT2D eigenvalue weighted by Crippen LogP contribution is 2.45. The molecule has 90 valence electrons. The summed E-state index contributed by atoms with van der Waals surface area (Å²) in [6, 6.07) is 0.461. The largest absolute Gasteiger partial charge is 0.327 e. The zero-order valence-corrected chi connectivity index (χ0v) is 10.9. The van der Waals surface area contributed by atoms with E-state index in [9.17, 15) is 0 Å². The van der Waals surface area contributed by atoms with E-state index in [0.717, 1.165) is 5.92 Å². The van der Waals surface area contributed by atoms with Crippen molar-refractivity contribution in [3.63, 3.8) is 0 Å². The maximum absolute atomic E-state index is 6.10. The fourth-order valence-corrected chi connectivity index (χ4v) is 2.61. The molecule has 1 saturated carbocycles. The minimum absolute atomic E-state index is 0. The smallest absolute Gasteiger partial charge is 0.00914 e. The number of halogens is 1. The highest BCUT2D eigenvalue weighted by molar-refractivity contribution is 5.85. The van der Waals surface area contributed by atoms with Gasteiger partial charge in [0.05, 0.1) is 0 Å². The van der Waals surface area contributed by atoms with Crippen LogP contribution in [0.2, 0.25) is 0 Å². The molecule has 1 aliphatic carbocycles. The van der Waals surface area contributed by atoms with Gasteiger partial charge in [0, 0.05) is 19.1 Å². The molecule has 0 aromatic carbocycles. The SMILES string of the molecule is CCC1CN(CC2(C)CC2)CCC1N.Cl. The van der Waals surface area contributed by atoms with E-state index in [2.05, 4.69) is 18.7 Å². The number of rotatable bonds is 3. The number of hydrogen-bond acceptors (Lipinski definition) is 2. The van der Waals surface area contributed by atoms with Crippen LogP contribution in [0.3, 0.4) is 0 Å². The summed E-state index contributed by atoms with van der Waals surface area (Å²) in [5, 5.41) is 0. The summed E-state index contributed by atoms with van der Waals surface area (Å²) in [6.07, 6.45) is 5.32. The standard InChI is InChI=1S/C12H24N2.ClH/c1-3-10-8-14(7-4-11(10)13)9-12(2)5-6-12;/h10-11H,3-9,13H2,1-2H3;1H. The van der Waals surface area contributed by atoms with Gasteiger partial charge < -0.3 is 10.6 Å². The van der Waals surface area contributed by atoms with Crippen molar-refractivity contribution in [3.8, 4) is 0 Å². The second-order valence-electron chi connectivity index (χ2n) is 5.67. The average molecular weight is 233 g/mol. The number of nitrogens with two attached hydrogens (primary N) is 1. The van der Waals surface area contributed by atoms with Gasteiger partial charge in [-0.05, 0) is 37.1 Å². The van der Waals surface area contributed by atoms with Crippen LogP contribution in [0.5, 0.6) is 0 Å². The lowest BCUT2D eigenvalue weighted by Gasteiger charge is -2.37. The minimum Gasteiger partial charge on any atom is -0.327 e. The van der Waals surface area contributed by atoms with Gasteiger partial charge in [-0.2, -0.15) is 0 Å². The topological polar surface area (TPSA) is 29.3 Å². The van der Waals surface area contributed by atoms with Crippen LogP contribution >= 0.6 is 12.4 Å². The quantitative estimate of drug-likeness (QED) is 0.809. The molecule has 0 aromatic rings. The Bertz CT molecular complexity index is 204. The average Bonchev–Trinajstić information content (AvgIpc) is 2.87. The Morgan fingerprint density at radius 3 is 2.60 bits per heavy atom. The monoisotopic (exact) mass is 232 g/mol. The fraction of sp³-hybridized carbons (Fsp3) is 1.00. The van der Waals surface area contributed by atoms with Crippen molar-refractivity contribution in [2.45, 2.75) is 45.6 Å². The van der Waals surface area contributed by atoms with Crippen LogP contribution in [0.15, 0.2) is 0 Å². The molecule has 2 nitrogen and oxygen atoms in total. The summed E-state index contributed by atoms with van der Waals surface area (Å²) >= 11 is 0. The molecular formula is C12H25ClN2. The maximum atomic E-state index is 6.10. The predicted molar refractivity (Wildman–Crippen MR) is 67.4 cm³/mol. The van der Waals surface area contributed by atoms with E-state index in [4.69, 9.17) is 5.73 Å². The highest BCUT2D eigenvalue weighted by Gasteiger charge is 2.40. The van der Waals surface area contributed by atoms with Gasteiger partial charge in [-0.25, -0.2) is 0 Å². The number of piperidine rings is 1. The number of nitrogens with zero attached hydrogens (tertiary/aromatic N) is 1. The molecule has 1 saturated heterocycles. The van der Waals surface area contributed by atoms with E-state index in [1.807, 2.05) is 0 Å². The minimum atomic E-state index is 0. The van der Waals surface area contributed by atoms with Crippen LogP contribution in [-0.4, -0.2) is 30.6 Å². The Balaban J connectivity index is 0.00000112. The molecule has 2 fully saturated rings. The lowest BCUT2D eigenvalue weighted by Crippen LogP contribution is -2.48. The molecule has 2 atom stereocenters. The van der Waals surface area contributed by atoms with E-state index in [-0.39, 0.29) is 12.4 Å². The van der Waals surface area contributed by atoms with Crippen LogP contribution in [0.4, 0.5) is 0 Å². The van der Waals surface area contributed by atoms with Crippen LogP contribution in [-0.2, 0) is 0 Å².